The molecule has 1 saturated carbocycles. The van der Waals surface area contributed by atoms with Crippen LogP contribution in [0.5, 0.6) is 0 Å². The van der Waals surface area contributed by atoms with Crippen molar-refractivity contribution in [1.29, 1.82) is 0 Å². The van der Waals surface area contributed by atoms with Crippen LogP contribution in [0.3, 0.4) is 0 Å². The standard InChI is InChI=1S/C12H15N3O2/c16-10-2-1-6-14(8-10)11-12(17)15(7-5-13-11)9-3-4-9/h5,7,9H,1-4,6,8H2. The quantitative estimate of drug-likeness (QED) is 0.756. The van der Waals surface area contributed by atoms with Gasteiger partial charge in [-0.1, -0.05) is 0 Å². The summed E-state index contributed by atoms with van der Waals surface area (Å²) in [5.74, 6) is 0.631. The van der Waals surface area contributed by atoms with E-state index in [1.54, 1.807) is 17.0 Å². The van der Waals surface area contributed by atoms with Gasteiger partial charge >= 0.3 is 0 Å². The lowest BCUT2D eigenvalue weighted by molar-refractivity contribution is -0.118. The van der Waals surface area contributed by atoms with Crippen LogP contribution in [-0.4, -0.2) is 28.4 Å². The van der Waals surface area contributed by atoms with Crippen LogP contribution in [0.4, 0.5) is 5.82 Å². The lowest BCUT2D eigenvalue weighted by atomic mass is 10.1. The monoisotopic (exact) mass is 233 g/mol. The molecule has 0 radical (unpaired) electrons. The maximum absolute atomic E-state index is 12.2. The Morgan fingerprint density at radius 2 is 2.12 bits per heavy atom. The molecule has 90 valence electrons. The molecule has 17 heavy (non-hydrogen) atoms. The van der Waals surface area contributed by atoms with E-state index in [0.717, 1.165) is 25.8 Å². The molecule has 0 aromatic carbocycles. The molecule has 1 aromatic heterocycles. The third-order valence-electron chi connectivity index (χ3n) is 3.34. The Kier molecular flexibility index (Phi) is 2.46. The molecule has 2 heterocycles. The highest BCUT2D eigenvalue weighted by Gasteiger charge is 2.27. The summed E-state index contributed by atoms with van der Waals surface area (Å²) in [6.07, 6.45) is 6.99. The van der Waals surface area contributed by atoms with E-state index in [1.165, 1.54) is 0 Å². The van der Waals surface area contributed by atoms with Crippen LogP contribution in [0.25, 0.3) is 0 Å². The Balaban J connectivity index is 1.94. The average Bonchev–Trinajstić information content (AvgIpc) is 3.13. The second kappa shape index (κ2) is 3.98. The van der Waals surface area contributed by atoms with Gasteiger partial charge in [0.2, 0.25) is 0 Å². The van der Waals surface area contributed by atoms with Crippen molar-refractivity contribution >= 4 is 11.6 Å². The van der Waals surface area contributed by atoms with Gasteiger partial charge in [0.05, 0.1) is 6.54 Å². The highest BCUT2D eigenvalue weighted by Crippen LogP contribution is 2.33. The van der Waals surface area contributed by atoms with Crippen molar-refractivity contribution in [3.05, 3.63) is 22.7 Å². The first kappa shape index (κ1) is 10.5. The third-order valence-corrected chi connectivity index (χ3v) is 3.34. The first-order chi connectivity index (χ1) is 8.25. The van der Waals surface area contributed by atoms with Gasteiger partial charge in [-0.15, -0.1) is 0 Å². The summed E-state index contributed by atoms with van der Waals surface area (Å²) in [5, 5.41) is 0. The van der Waals surface area contributed by atoms with Crippen LogP contribution in [0.1, 0.15) is 31.7 Å². The Bertz CT molecular complexity index is 505. The fraction of sp³-hybridized carbons (Fsp3) is 0.583. The molecule has 1 saturated heterocycles. The van der Waals surface area contributed by atoms with E-state index in [1.807, 2.05) is 4.90 Å². The fourth-order valence-electron chi connectivity index (χ4n) is 2.29. The largest absolute Gasteiger partial charge is 0.345 e. The zero-order valence-electron chi connectivity index (χ0n) is 9.63. The lowest BCUT2D eigenvalue weighted by Crippen LogP contribution is -2.40. The number of hydrogen-bond donors (Lipinski definition) is 0. The van der Waals surface area contributed by atoms with Gasteiger partial charge < -0.3 is 9.47 Å². The lowest BCUT2D eigenvalue weighted by Gasteiger charge is -2.26. The van der Waals surface area contributed by atoms with E-state index in [-0.39, 0.29) is 11.3 Å². The number of Topliss-reactive ketones (excluding diaryl/α,β-unsaturated/α-hetero) is 1. The number of carbonyl (C=O) groups is 1. The molecule has 5 heteroatoms. The van der Waals surface area contributed by atoms with Crippen LogP contribution in [0, 0.1) is 0 Å². The van der Waals surface area contributed by atoms with Gasteiger partial charge in [-0.2, -0.15) is 0 Å². The van der Waals surface area contributed by atoms with Crippen LogP contribution in [0.15, 0.2) is 17.2 Å². The predicted molar refractivity (Wildman–Crippen MR) is 63.2 cm³/mol. The molecular weight excluding hydrogens is 218 g/mol. The van der Waals surface area contributed by atoms with Crippen molar-refractivity contribution < 1.29 is 4.79 Å². The smallest absolute Gasteiger partial charge is 0.293 e. The van der Waals surface area contributed by atoms with Gasteiger partial charge in [-0.05, 0) is 19.3 Å². The first-order valence-electron chi connectivity index (χ1n) is 6.09. The highest BCUT2D eigenvalue weighted by atomic mass is 16.1. The summed E-state index contributed by atoms with van der Waals surface area (Å²) in [5.41, 5.74) is -0.0512. The van der Waals surface area contributed by atoms with Crippen molar-refractivity contribution in [2.75, 3.05) is 18.0 Å². The molecule has 2 fully saturated rings. The van der Waals surface area contributed by atoms with Gasteiger partial charge in [-0.25, -0.2) is 4.98 Å². The molecule has 3 rings (SSSR count). The van der Waals surface area contributed by atoms with Crippen LogP contribution in [-0.2, 0) is 4.79 Å². The van der Waals surface area contributed by atoms with Crippen LogP contribution in [0.2, 0.25) is 0 Å². The number of carbonyl (C=O) groups excluding carboxylic acids is 1. The number of ketones is 1. The first-order valence-corrected chi connectivity index (χ1v) is 6.09. The summed E-state index contributed by atoms with van der Waals surface area (Å²) < 4.78 is 1.75. The van der Waals surface area contributed by atoms with E-state index in [9.17, 15) is 9.59 Å². The van der Waals surface area contributed by atoms with E-state index in [0.29, 0.717) is 24.8 Å². The van der Waals surface area contributed by atoms with Gasteiger partial charge in [0.25, 0.3) is 5.56 Å². The van der Waals surface area contributed by atoms with E-state index < -0.39 is 0 Å². The topological polar surface area (TPSA) is 55.2 Å². The maximum atomic E-state index is 12.2. The minimum absolute atomic E-state index is 0.0512. The third kappa shape index (κ3) is 1.97. The Labute approximate surface area is 99.1 Å². The maximum Gasteiger partial charge on any atom is 0.293 e. The van der Waals surface area contributed by atoms with Crippen molar-refractivity contribution in [3.63, 3.8) is 0 Å². The molecule has 1 aromatic rings. The van der Waals surface area contributed by atoms with Gasteiger partial charge in [0.15, 0.2) is 11.6 Å². The molecule has 2 aliphatic rings. The molecule has 0 unspecified atom stereocenters. The van der Waals surface area contributed by atoms with E-state index >= 15 is 0 Å². The Morgan fingerprint density at radius 1 is 1.29 bits per heavy atom. The van der Waals surface area contributed by atoms with Gasteiger partial charge in [0, 0.05) is 31.4 Å². The molecule has 5 nitrogen and oxygen atoms in total. The molecule has 0 atom stereocenters. The van der Waals surface area contributed by atoms with E-state index in [2.05, 4.69) is 4.98 Å². The number of rotatable bonds is 2. The molecule has 0 N–H and O–H groups in total. The van der Waals surface area contributed by atoms with Crippen molar-refractivity contribution in [1.82, 2.24) is 9.55 Å². The highest BCUT2D eigenvalue weighted by molar-refractivity contribution is 5.84. The second-order valence-corrected chi connectivity index (χ2v) is 4.76. The van der Waals surface area contributed by atoms with Gasteiger partial charge in [-0.3, -0.25) is 9.59 Å². The number of aromatic nitrogens is 2. The van der Waals surface area contributed by atoms with Crippen LogP contribution >= 0.6 is 0 Å². The molecule has 0 amide bonds. The van der Waals surface area contributed by atoms with Gasteiger partial charge in [0.1, 0.15) is 0 Å². The molecular formula is C12H15N3O2. The fourth-order valence-corrected chi connectivity index (χ4v) is 2.29. The number of anilines is 1. The molecule has 1 aliphatic carbocycles. The SMILES string of the molecule is O=C1CCCN(c2nccn(C3CC3)c2=O)C1. The minimum Gasteiger partial charge on any atom is -0.345 e. The number of nitrogens with zero attached hydrogens (tertiary/aromatic N) is 3. The van der Waals surface area contributed by atoms with E-state index in [4.69, 9.17) is 0 Å². The number of hydrogen-bond acceptors (Lipinski definition) is 4. The predicted octanol–water partition coefficient (Wildman–Crippen LogP) is 0.748. The Morgan fingerprint density at radius 3 is 2.82 bits per heavy atom. The normalized spacial score (nSPS) is 20.7. The summed E-state index contributed by atoms with van der Waals surface area (Å²) in [6.45, 7) is 1.08. The summed E-state index contributed by atoms with van der Waals surface area (Å²) in [4.78, 5) is 29.6. The van der Waals surface area contributed by atoms with Crippen molar-refractivity contribution in [2.24, 2.45) is 0 Å². The summed E-state index contributed by atoms with van der Waals surface area (Å²) in [6, 6.07) is 0.352. The Hall–Kier alpha value is -1.65. The van der Waals surface area contributed by atoms with Crippen LogP contribution < -0.4 is 10.5 Å². The zero-order chi connectivity index (χ0) is 11.8. The summed E-state index contributed by atoms with van der Waals surface area (Å²) in [7, 11) is 0. The molecule has 0 bridgehead atoms. The molecule has 0 spiro atoms. The molecule has 1 aliphatic heterocycles. The van der Waals surface area contributed by atoms with Crippen molar-refractivity contribution in [3.8, 4) is 0 Å². The second-order valence-electron chi connectivity index (χ2n) is 4.76. The zero-order valence-corrected chi connectivity index (χ0v) is 9.63. The average molecular weight is 233 g/mol. The summed E-state index contributed by atoms with van der Waals surface area (Å²) >= 11 is 0. The number of piperidine rings is 1. The van der Waals surface area contributed by atoms with Crippen molar-refractivity contribution in [2.45, 2.75) is 31.7 Å². The minimum atomic E-state index is -0.0512.